The Kier molecular flexibility index (Phi) is 16.4. The number of nitrogens with one attached hydrogen (secondary N) is 7. The van der Waals surface area contributed by atoms with Crippen molar-refractivity contribution in [2.24, 2.45) is 0 Å². The predicted molar refractivity (Wildman–Crippen MR) is 254 cm³/mol. The van der Waals surface area contributed by atoms with Crippen LogP contribution in [0.4, 0.5) is 4.39 Å². The summed E-state index contributed by atoms with van der Waals surface area (Å²) in [6.07, 6.45) is 0.338. The van der Waals surface area contributed by atoms with E-state index in [1.54, 1.807) is 50.2 Å². The van der Waals surface area contributed by atoms with E-state index >= 15 is 4.39 Å². The summed E-state index contributed by atoms with van der Waals surface area (Å²) in [5.74, 6) is -4.61. The molecule has 0 saturated heterocycles. The number of aliphatic hydroxyl groups is 2. The van der Waals surface area contributed by atoms with Gasteiger partial charge in [0.2, 0.25) is 35.4 Å². The number of ether oxygens (including phenoxy) is 1. The fraction of sp³-hybridized carbons (Fsp3) is 0.438. The third-order valence-corrected chi connectivity index (χ3v) is 13.4. The van der Waals surface area contributed by atoms with E-state index in [1.165, 1.54) is 10.6 Å². The summed E-state index contributed by atoms with van der Waals surface area (Å²) >= 11 is 3.09. The molecule has 0 saturated carbocycles. The molecule has 2 aromatic carbocycles. The standard InChI is InChI=1S/C48H55BrFN9O11/c1-3-48(69)30-17-35-44-28(23-59(35)46(67)29(30)24-70-47(48)68)43-32(12-11-27-25(2)31(50)18-33(58-44)42(27)43)56-37(61)10-7-14-51-39(63)21-55-45(66)34(16-26-8-5-4-6-9-26)57-41(65)22-54-40(64)20-53-36(60)13-15-52-38(62)19-49/h4-6,8-9,17-18,32,34,38,52,62,69H,3,7,10-16,19-24H2,1-2H3,(H,51,63)(H,53,60)(H,54,64)(H,55,66)(H,56,61)(H,57,65)/t32-,34?,38?,48-/m0/s1. The molecule has 0 radical (unpaired) electrons. The number of hydrogen-bond acceptors (Lipinski definition) is 13. The minimum atomic E-state index is -2.03. The summed E-state index contributed by atoms with van der Waals surface area (Å²) in [6.45, 7) is 2.03. The fourth-order valence-corrected chi connectivity index (χ4v) is 9.24. The minimum Gasteiger partial charge on any atom is -0.458 e. The van der Waals surface area contributed by atoms with E-state index < -0.39 is 90.4 Å². The number of aryl methyl sites for hydroxylation is 1. The number of aliphatic hydroxyl groups excluding tert-OH is 1. The summed E-state index contributed by atoms with van der Waals surface area (Å²) in [5.41, 5.74) is 2.21. The molecule has 2 aliphatic heterocycles. The molecule has 6 amide bonds. The molecule has 70 heavy (non-hydrogen) atoms. The number of rotatable bonds is 21. The number of carbonyl (C=O) groups excluding carboxylic acids is 7. The van der Waals surface area contributed by atoms with E-state index in [9.17, 15) is 48.6 Å². The molecular formula is C48H55BrFN9O11. The van der Waals surface area contributed by atoms with Crippen LogP contribution in [0.15, 0.2) is 47.3 Å². The van der Waals surface area contributed by atoms with E-state index in [-0.39, 0.29) is 80.7 Å². The first kappa shape index (κ1) is 51.2. The van der Waals surface area contributed by atoms with Crippen molar-refractivity contribution in [1.29, 1.82) is 0 Å². The number of cyclic esters (lactones) is 1. The van der Waals surface area contributed by atoms with Gasteiger partial charge >= 0.3 is 5.97 Å². The van der Waals surface area contributed by atoms with Gasteiger partial charge in [0.1, 0.15) is 24.7 Å². The maximum atomic E-state index is 15.4. The monoisotopic (exact) mass is 1030 g/mol. The second-order valence-corrected chi connectivity index (χ2v) is 18.0. The van der Waals surface area contributed by atoms with E-state index in [4.69, 9.17) is 9.72 Å². The van der Waals surface area contributed by atoms with E-state index in [0.717, 1.165) is 5.56 Å². The maximum Gasteiger partial charge on any atom is 0.343 e. The van der Waals surface area contributed by atoms with Gasteiger partial charge in [-0.2, -0.15) is 0 Å². The lowest BCUT2D eigenvalue weighted by molar-refractivity contribution is -0.172. The van der Waals surface area contributed by atoms with Gasteiger partial charge in [-0.15, -0.1) is 0 Å². The smallest absolute Gasteiger partial charge is 0.343 e. The van der Waals surface area contributed by atoms with Gasteiger partial charge in [0.15, 0.2) is 5.60 Å². The van der Waals surface area contributed by atoms with Gasteiger partial charge < -0.3 is 51.4 Å². The Balaban J connectivity index is 0.925. The first-order valence-corrected chi connectivity index (χ1v) is 24.1. The summed E-state index contributed by atoms with van der Waals surface area (Å²) < 4.78 is 22.1. The summed E-state index contributed by atoms with van der Waals surface area (Å²) in [4.78, 5) is 108. The molecule has 4 atom stereocenters. The highest BCUT2D eigenvalue weighted by Crippen LogP contribution is 2.46. The molecule has 2 unspecified atom stereocenters. The lowest BCUT2D eigenvalue weighted by atomic mass is 9.81. The fourth-order valence-electron chi connectivity index (χ4n) is 9.02. The van der Waals surface area contributed by atoms with Crippen LogP contribution < -0.4 is 42.8 Å². The Morgan fingerprint density at radius 3 is 2.37 bits per heavy atom. The van der Waals surface area contributed by atoms with Crippen LogP contribution in [0.25, 0.3) is 22.3 Å². The molecule has 3 aliphatic rings. The molecule has 2 aromatic heterocycles. The molecule has 372 valence electrons. The molecule has 0 fully saturated rings. The second-order valence-electron chi connectivity index (χ2n) is 17.4. The molecule has 0 bridgehead atoms. The lowest BCUT2D eigenvalue weighted by Crippen LogP contribution is -2.52. The van der Waals surface area contributed by atoms with Crippen LogP contribution in [0.2, 0.25) is 0 Å². The van der Waals surface area contributed by atoms with Gasteiger partial charge in [-0.3, -0.25) is 38.9 Å². The van der Waals surface area contributed by atoms with Crippen molar-refractivity contribution < 1.29 is 52.9 Å². The van der Waals surface area contributed by atoms with Crippen LogP contribution in [0.5, 0.6) is 0 Å². The first-order chi connectivity index (χ1) is 33.5. The van der Waals surface area contributed by atoms with E-state index in [2.05, 4.69) is 53.1 Å². The number of carbonyl (C=O) groups is 7. The Morgan fingerprint density at radius 2 is 1.63 bits per heavy atom. The normalized spacial score (nSPS) is 17.2. The number of pyridine rings is 2. The summed E-state index contributed by atoms with van der Waals surface area (Å²) in [6, 6.07) is 10.1. The predicted octanol–water partition coefficient (Wildman–Crippen LogP) is 0.296. The summed E-state index contributed by atoms with van der Waals surface area (Å²) in [5, 5.41) is 40.2. The summed E-state index contributed by atoms with van der Waals surface area (Å²) in [7, 11) is 0. The number of alkyl halides is 1. The zero-order chi connectivity index (χ0) is 50.3. The zero-order valence-electron chi connectivity index (χ0n) is 38.6. The van der Waals surface area contributed by atoms with Crippen molar-refractivity contribution in [2.45, 2.75) is 95.9 Å². The SMILES string of the molecule is CC[C@@]1(O)C(=O)OCc2c1cc1n(c2=O)Cc2c-1nc1cc(F)c(C)c3c1c2[C@@H](NC(=O)CCCNC(=O)CNC(=O)C(Cc1ccccc1)NC(=O)CNC(=O)CNC(=O)CCNC(O)CBr)CC3. The molecule has 4 aromatic rings. The van der Waals surface area contributed by atoms with Crippen molar-refractivity contribution in [3.63, 3.8) is 0 Å². The number of halogens is 2. The van der Waals surface area contributed by atoms with Crippen molar-refractivity contribution in [1.82, 2.24) is 46.8 Å². The minimum absolute atomic E-state index is 0.00576. The Bertz CT molecular complexity index is 2790. The van der Waals surface area contributed by atoms with Crippen LogP contribution in [0, 0.1) is 12.7 Å². The highest BCUT2D eigenvalue weighted by atomic mass is 79.9. The highest BCUT2D eigenvalue weighted by Gasteiger charge is 2.46. The van der Waals surface area contributed by atoms with Crippen LogP contribution >= 0.6 is 15.9 Å². The van der Waals surface area contributed by atoms with Crippen molar-refractivity contribution in [3.8, 4) is 11.4 Å². The lowest BCUT2D eigenvalue weighted by Gasteiger charge is -2.31. The van der Waals surface area contributed by atoms with Gasteiger partial charge in [0.25, 0.3) is 5.56 Å². The van der Waals surface area contributed by atoms with Gasteiger partial charge in [-0.05, 0) is 60.9 Å². The molecule has 0 spiro atoms. The number of esters is 1. The quantitative estimate of drug-likeness (QED) is 0.0207. The number of amides is 6. The third-order valence-electron chi connectivity index (χ3n) is 12.7. The van der Waals surface area contributed by atoms with Crippen molar-refractivity contribution in [3.05, 3.63) is 97.6 Å². The van der Waals surface area contributed by atoms with E-state index in [1.807, 2.05) is 0 Å². The molecular weight excluding hydrogens is 977 g/mol. The molecule has 9 N–H and O–H groups in total. The van der Waals surface area contributed by atoms with Crippen molar-refractivity contribution >= 4 is 68.2 Å². The van der Waals surface area contributed by atoms with Crippen LogP contribution in [-0.4, -0.2) is 112 Å². The molecule has 1 aliphatic carbocycles. The number of hydrogen-bond donors (Lipinski definition) is 9. The van der Waals surface area contributed by atoms with E-state index in [0.29, 0.717) is 57.4 Å². The number of benzene rings is 2. The molecule has 20 nitrogen and oxygen atoms in total. The van der Waals surface area contributed by atoms with Crippen LogP contribution in [-0.2, 0) is 69.9 Å². The average Bonchev–Trinajstić information content (AvgIpc) is 3.72. The van der Waals surface area contributed by atoms with Gasteiger partial charge in [-0.1, -0.05) is 53.2 Å². The Labute approximate surface area is 409 Å². The Hall–Kier alpha value is -6.62. The Morgan fingerprint density at radius 1 is 0.914 bits per heavy atom. The number of nitrogens with zero attached hydrogens (tertiary/aromatic N) is 2. The van der Waals surface area contributed by atoms with Gasteiger partial charge in [-0.25, -0.2) is 14.2 Å². The number of fused-ring (bicyclic) bond motifs is 5. The molecule has 7 rings (SSSR count). The largest absolute Gasteiger partial charge is 0.458 e. The van der Waals surface area contributed by atoms with Crippen LogP contribution in [0.3, 0.4) is 0 Å². The zero-order valence-corrected chi connectivity index (χ0v) is 40.2. The molecule has 22 heteroatoms. The van der Waals surface area contributed by atoms with Gasteiger partial charge in [0, 0.05) is 60.3 Å². The number of aromatic nitrogens is 2. The topological polar surface area (TPSA) is 288 Å². The highest BCUT2D eigenvalue weighted by molar-refractivity contribution is 9.09. The second kappa shape index (κ2) is 22.4. The maximum absolute atomic E-state index is 15.4. The van der Waals surface area contributed by atoms with Crippen molar-refractivity contribution in [2.75, 3.05) is 38.1 Å². The third kappa shape index (κ3) is 11.4. The average molecular weight is 1030 g/mol. The molecule has 4 heterocycles. The first-order valence-electron chi connectivity index (χ1n) is 23.0. The van der Waals surface area contributed by atoms with Crippen LogP contribution in [0.1, 0.15) is 84.0 Å². The van der Waals surface area contributed by atoms with Gasteiger partial charge in [0.05, 0.1) is 54.7 Å².